The van der Waals surface area contributed by atoms with Gasteiger partial charge in [0.25, 0.3) is 0 Å². The van der Waals surface area contributed by atoms with Gasteiger partial charge in [-0.1, -0.05) is 12.1 Å². The standard InChI is InChI=1S/C17H10N6/c18-11-15-20-9-7-12(21-15)16-14-6-2-4-10-23(14)22-17(16)13-5-1-3-8-19-13/h1-10H. The highest BCUT2D eigenvalue weighted by Gasteiger charge is 2.18. The minimum absolute atomic E-state index is 0.129. The Morgan fingerprint density at radius 1 is 0.913 bits per heavy atom. The predicted molar refractivity (Wildman–Crippen MR) is 84.2 cm³/mol. The van der Waals surface area contributed by atoms with Gasteiger partial charge in [-0.25, -0.2) is 14.5 Å². The molecule has 0 aromatic carbocycles. The minimum atomic E-state index is 0.129. The maximum absolute atomic E-state index is 9.05. The lowest BCUT2D eigenvalue weighted by Crippen LogP contribution is -1.92. The quantitative estimate of drug-likeness (QED) is 0.568. The minimum Gasteiger partial charge on any atom is -0.255 e. The molecule has 4 rings (SSSR count). The molecular formula is C17H10N6. The van der Waals surface area contributed by atoms with Crippen LogP contribution < -0.4 is 0 Å². The Labute approximate surface area is 131 Å². The first-order chi connectivity index (χ1) is 11.4. The molecule has 4 aromatic rings. The molecule has 0 spiro atoms. The third kappa shape index (κ3) is 2.21. The molecule has 0 aliphatic rings. The molecule has 23 heavy (non-hydrogen) atoms. The number of nitriles is 1. The van der Waals surface area contributed by atoms with Crippen LogP contribution in [0.2, 0.25) is 0 Å². The zero-order valence-corrected chi connectivity index (χ0v) is 12.0. The first kappa shape index (κ1) is 13.1. The lowest BCUT2D eigenvalue weighted by molar-refractivity contribution is 0.962. The van der Waals surface area contributed by atoms with E-state index >= 15 is 0 Å². The van der Waals surface area contributed by atoms with E-state index in [1.807, 2.05) is 48.7 Å². The highest BCUT2D eigenvalue weighted by molar-refractivity contribution is 5.89. The van der Waals surface area contributed by atoms with Crippen LogP contribution in [-0.4, -0.2) is 24.6 Å². The van der Waals surface area contributed by atoms with Gasteiger partial charge >= 0.3 is 0 Å². The zero-order valence-electron chi connectivity index (χ0n) is 12.0. The summed E-state index contributed by atoms with van der Waals surface area (Å²) in [6, 6.07) is 15.2. The maximum atomic E-state index is 9.05. The fourth-order valence-electron chi connectivity index (χ4n) is 2.49. The summed E-state index contributed by atoms with van der Waals surface area (Å²) in [7, 11) is 0. The molecule has 0 bridgehead atoms. The number of hydrogen-bond acceptors (Lipinski definition) is 5. The number of aromatic nitrogens is 5. The van der Waals surface area contributed by atoms with Crippen LogP contribution in [0, 0.1) is 11.3 Å². The summed E-state index contributed by atoms with van der Waals surface area (Å²) >= 11 is 0. The van der Waals surface area contributed by atoms with Crippen LogP contribution in [0.25, 0.3) is 28.2 Å². The summed E-state index contributed by atoms with van der Waals surface area (Å²) in [6.45, 7) is 0. The van der Waals surface area contributed by atoms with Gasteiger partial charge in [0.05, 0.1) is 22.5 Å². The zero-order chi connectivity index (χ0) is 15.6. The molecule has 0 aliphatic carbocycles. The second kappa shape index (κ2) is 5.31. The molecular weight excluding hydrogens is 288 g/mol. The van der Waals surface area contributed by atoms with Crippen molar-refractivity contribution in [2.45, 2.75) is 0 Å². The van der Waals surface area contributed by atoms with Gasteiger partial charge in [0.2, 0.25) is 5.82 Å². The lowest BCUT2D eigenvalue weighted by Gasteiger charge is -2.02. The SMILES string of the molecule is N#Cc1nccc(-c2c(-c3ccccn3)nn3ccccc23)n1. The van der Waals surface area contributed by atoms with E-state index in [-0.39, 0.29) is 5.82 Å². The number of fused-ring (bicyclic) bond motifs is 1. The lowest BCUT2D eigenvalue weighted by atomic mass is 10.1. The van der Waals surface area contributed by atoms with Gasteiger partial charge in [0, 0.05) is 18.6 Å². The van der Waals surface area contributed by atoms with Gasteiger partial charge in [0.1, 0.15) is 11.8 Å². The van der Waals surface area contributed by atoms with Crippen molar-refractivity contribution in [2.75, 3.05) is 0 Å². The smallest absolute Gasteiger partial charge is 0.232 e. The van der Waals surface area contributed by atoms with Crippen molar-refractivity contribution in [2.24, 2.45) is 0 Å². The average Bonchev–Trinajstić information content (AvgIpc) is 3.02. The van der Waals surface area contributed by atoms with Crippen molar-refractivity contribution in [3.63, 3.8) is 0 Å². The Morgan fingerprint density at radius 2 is 1.83 bits per heavy atom. The monoisotopic (exact) mass is 298 g/mol. The van der Waals surface area contributed by atoms with Crippen molar-refractivity contribution < 1.29 is 0 Å². The van der Waals surface area contributed by atoms with Gasteiger partial charge in [-0.15, -0.1) is 0 Å². The van der Waals surface area contributed by atoms with Crippen molar-refractivity contribution in [3.05, 3.63) is 66.9 Å². The molecule has 0 fully saturated rings. The van der Waals surface area contributed by atoms with Gasteiger partial charge in [-0.3, -0.25) is 4.98 Å². The molecule has 0 aliphatic heterocycles. The Hall–Kier alpha value is -3.59. The molecule has 108 valence electrons. The van der Waals surface area contributed by atoms with E-state index in [2.05, 4.69) is 20.1 Å². The first-order valence-electron chi connectivity index (χ1n) is 6.99. The van der Waals surface area contributed by atoms with Crippen LogP contribution in [0.4, 0.5) is 0 Å². The summed E-state index contributed by atoms with van der Waals surface area (Å²) in [5, 5.41) is 13.7. The number of hydrogen-bond donors (Lipinski definition) is 0. The largest absolute Gasteiger partial charge is 0.255 e. The van der Waals surface area contributed by atoms with Crippen molar-refractivity contribution in [3.8, 4) is 28.7 Å². The second-order valence-corrected chi connectivity index (χ2v) is 4.85. The van der Waals surface area contributed by atoms with Crippen LogP contribution >= 0.6 is 0 Å². The van der Waals surface area contributed by atoms with Crippen LogP contribution in [-0.2, 0) is 0 Å². The van der Waals surface area contributed by atoms with Crippen LogP contribution in [0.15, 0.2) is 61.1 Å². The topological polar surface area (TPSA) is 79.8 Å². The highest BCUT2D eigenvalue weighted by Crippen LogP contribution is 2.32. The maximum Gasteiger partial charge on any atom is 0.232 e. The molecule has 0 radical (unpaired) electrons. The summed E-state index contributed by atoms with van der Waals surface area (Å²) in [5.41, 5.74) is 3.86. The molecule has 6 heteroatoms. The number of rotatable bonds is 2. The third-order valence-corrected chi connectivity index (χ3v) is 3.46. The Balaban J connectivity index is 2.06. The molecule has 4 aromatic heterocycles. The van der Waals surface area contributed by atoms with E-state index < -0.39 is 0 Å². The number of nitrogens with zero attached hydrogens (tertiary/aromatic N) is 6. The fraction of sp³-hybridized carbons (Fsp3) is 0. The van der Waals surface area contributed by atoms with Crippen LogP contribution in [0.1, 0.15) is 5.82 Å². The molecule has 0 amide bonds. The summed E-state index contributed by atoms with van der Waals surface area (Å²) in [6.07, 6.45) is 5.18. The Morgan fingerprint density at radius 3 is 2.65 bits per heavy atom. The van der Waals surface area contributed by atoms with E-state index in [1.54, 1.807) is 23.0 Å². The molecule has 0 saturated heterocycles. The second-order valence-electron chi connectivity index (χ2n) is 4.85. The van der Waals surface area contributed by atoms with Crippen LogP contribution in [0.5, 0.6) is 0 Å². The molecule has 0 N–H and O–H groups in total. The van der Waals surface area contributed by atoms with Crippen molar-refractivity contribution in [1.29, 1.82) is 5.26 Å². The Kier molecular flexibility index (Phi) is 3.03. The van der Waals surface area contributed by atoms with Gasteiger partial charge in [-0.05, 0) is 30.3 Å². The van der Waals surface area contributed by atoms with E-state index in [4.69, 9.17) is 5.26 Å². The Bertz CT molecular complexity index is 1030. The van der Waals surface area contributed by atoms with E-state index in [0.29, 0.717) is 5.69 Å². The molecule has 0 unspecified atom stereocenters. The number of pyridine rings is 2. The summed E-state index contributed by atoms with van der Waals surface area (Å²) in [5.74, 6) is 0.129. The molecule has 0 saturated carbocycles. The molecule has 4 heterocycles. The summed E-state index contributed by atoms with van der Waals surface area (Å²) in [4.78, 5) is 12.6. The third-order valence-electron chi connectivity index (χ3n) is 3.46. The predicted octanol–water partition coefficient (Wildman–Crippen LogP) is 2.72. The highest BCUT2D eigenvalue weighted by atomic mass is 15.2. The molecule has 0 atom stereocenters. The fourth-order valence-corrected chi connectivity index (χ4v) is 2.49. The van der Waals surface area contributed by atoms with E-state index in [9.17, 15) is 0 Å². The van der Waals surface area contributed by atoms with Gasteiger partial charge < -0.3 is 0 Å². The summed E-state index contributed by atoms with van der Waals surface area (Å²) < 4.78 is 1.79. The first-order valence-corrected chi connectivity index (χ1v) is 6.99. The normalized spacial score (nSPS) is 10.6. The van der Waals surface area contributed by atoms with Gasteiger partial charge in [-0.2, -0.15) is 10.4 Å². The average molecular weight is 298 g/mol. The van der Waals surface area contributed by atoms with Crippen molar-refractivity contribution in [1.82, 2.24) is 24.6 Å². The van der Waals surface area contributed by atoms with Crippen molar-refractivity contribution >= 4 is 5.52 Å². The van der Waals surface area contributed by atoms with Gasteiger partial charge in [0.15, 0.2) is 0 Å². The van der Waals surface area contributed by atoms with Crippen LogP contribution in [0.3, 0.4) is 0 Å². The molecule has 6 nitrogen and oxygen atoms in total. The van der Waals surface area contributed by atoms with E-state index in [1.165, 1.54) is 0 Å². The van der Waals surface area contributed by atoms with E-state index in [0.717, 1.165) is 22.5 Å².